The topological polar surface area (TPSA) is 64.6 Å². The monoisotopic (exact) mass is 251 g/mol. The molecule has 0 radical (unpaired) electrons. The third-order valence-corrected chi connectivity index (χ3v) is 2.28. The Bertz CT molecular complexity index is 391. The lowest BCUT2D eigenvalue weighted by molar-refractivity contribution is -0.141. The standard InChI is InChI=1S/C13H17NO4/c1-10(8-12(15)17-2)14-13(16)18-9-11-6-4-3-5-7-11/h3-7,10H,8-9H2,1-2H3,(H,14,16)/t10-/m0/s1. The molecule has 0 bridgehead atoms. The quantitative estimate of drug-likeness (QED) is 0.811. The summed E-state index contributed by atoms with van der Waals surface area (Å²) in [7, 11) is 1.31. The second-order valence-electron chi connectivity index (χ2n) is 3.89. The molecule has 98 valence electrons. The Kier molecular flexibility index (Phi) is 5.70. The van der Waals surface area contributed by atoms with Crippen LogP contribution in [0, 0.1) is 0 Å². The lowest BCUT2D eigenvalue weighted by Crippen LogP contribution is -2.34. The van der Waals surface area contributed by atoms with E-state index in [1.165, 1.54) is 7.11 Å². The second-order valence-corrected chi connectivity index (χ2v) is 3.89. The van der Waals surface area contributed by atoms with Gasteiger partial charge in [0.15, 0.2) is 0 Å². The molecule has 1 aromatic carbocycles. The molecular weight excluding hydrogens is 234 g/mol. The Morgan fingerprint density at radius 3 is 2.56 bits per heavy atom. The summed E-state index contributed by atoms with van der Waals surface area (Å²) in [5, 5.41) is 2.55. The first-order valence-electron chi connectivity index (χ1n) is 5.66. The van der Waals surface area contributed by atoms with Crippen molar-refractivity contribution in [3.63, 3.8) is 0 Å². The van der Waals surface area contributed by atoms with E-state index in [1.54, 1.807) is 6.92 Å². The lowest BCUT2D eigenvalue weighted by atomic mass is 10.2. The van der Waals surface area contributed by atoms with Gasteiger partial charge in [0.1, 0.15) is 6.61 Å². The normalized spacial score (nSPS) is 11.4. The largest absolute Gasteiger partial charge is 0.469 e. The molecule has 1 amide bonds. The molecule has 1 N–H and O–H groups in total. The highest BCUT2D eigenvalue weighted by Crippen LogP contribution is 2.01. The van der Waals surface area contributed by atoms with Gasteiger partial charge in [-0.1, -0.05) is 30.3 Å². The van der Waals surface area contributed by atoms with Crippen LogP contribution in [0.2, 0.25) is 0 Å². The zero-order chi connectivity index (χ0) is 13.4. The molecule has 5 nitrogen and oxygen atoms in total. The highest BCUT2D eigenvalue weighted by molar-refractivity contribution is 5.72. The molecule has 0 unspecified atom stereocenters. The number of rotatable bonds is 5. The van der Waals surface area contributed by atoms with Crippen LogP contribution in [0.15, 0.2) is 30.3 Å². The number of carbonyl (C=O) groups is 2. The highest BCUT2D eigenvalue weighted by atomic mass is 16.5. The molecule has 1 rings (SSSR count). The zero-order valence-corrected chi connectivity index (χ0v) is 10.5. The van der Waals surface area contributed by atoms with E-state index < -0.39 is 6.09 Å². The van der Waals surface area contributed by atoms with Crippen LogP contribution in [-0.2, 0) is 20.9 Å². The van der Waals surface area contributed by atoms with E-state index in [4.69, 9.17) is 4.74 Å². The molecule has 0 fully saturated rings. The molecule has 0 aliphatic heterocycles. The van der Waals surface area contributed by atoms with Gasteiger partial charge in [0, 0.05) is 6.04 Å². The van der Waals surface area contributed by atoms with E-state index in [2.05, 4.69) is 10.1 Å². The number of hydrogen-bond donors (Lipinski definition) is 1. The number of alkyl carbamates (subject to hydrolysis) is 1. The number of carbonyl (C=O) groups excluding carboxylic acids is 2. The van der Waals surface area contributed by atoms with Crippen molar-refractivity contribution in [1.82, 2.24) is 5.32 Å². The first-order valence-corrected chi connectivity index (χ1v) is 5.66. The number of methoxy groups -OCH3 is 1. The minimum atomic E-state index is -0.546. The molecule has 0 heterocycles. The van der Waals surface area contributed by atoms with Gasteiger partial charge in [0.2, 0.25) is 0 Å². The predicted molar refractivity (Wildman–Crippen MR) is 65.9 cm³/mol. The van der Waals surface area contributed by atoms with Crippen LogP contribution in [0.1, 0.15) is 18.9 Å². The number of esters is 1. The number of ether oxygens (including phenoxy) is 2. The molecule has 0 saturated heterocycles. The maximum atomic E-state index is 11.4. The first kappa shape index (κ1) is 14.0. The molecule has 1 aromatic rings. The van der Waals surface area contributed by atoms with Gasteiger partial charge in [-0.3, -0.25) is 4.79 Å². The number of amides is 1. The first-order chi connectivity index (χ1) is 8.61. The van der Waals surface area contributed by atoms with Crippen molar-refractivity contribution in [2.75, 3.05) is 7.11 Å². The number of benzene rings is 1. The van der Waals surface area contributed by atoms with E-state index in [9.17, 15) is 9.59 Å². The SMILES string of the molecule is COC(=O)C[C@H](C)NC(=O)OCc1ccccc1. The number of nitrogens with one attached hydrogen (secondary N) is 1. The van der Waals surface area contributed by atoms with Crippen LogP contribution in [0.25, 0.3) is 0 Å². The molecule has 0 spiro atoms. The fourth-order valence-corrected chi connectivity index (χ4v) is 1.35. The van der Waals surface area contributed by atoms with Gasteiger partial charge >= 0.3 is 12.1 Å². The molecule has 0 saturated carbocycles. The minimum absolute atomic E-state index is 0.122. The van der Waals surface area contributed by atoms with Gasteiger partial charge in [-0.05, 0) is 12.5 Å². The average Bonchev–Trinajstić information content (AvgIpc) is 2.37. The Morgan fingerprint density at radius 2 is 1.94 bits per heavy atom. The lowest BCUT2D eigenvalue weighted by Gasteiger charge is -2.12. The van der Waals surface area contributed by atoms with Crippen molar-refractivity contribution in [2.24, 2.45) is 0 Å². The maximum absolute atomic E-state index is 11.4. The summed E-state index contributed by atoms with van der Waals surface area (Å²) in [5.74, 6) is -0.370. The molecule has 0 aromatic heterocycles. The third kappa shape index (κ3) is 5.34. The zero-order valence-electron chi connectivity index (χ0n) is 10.5. The molecule has 0 aliphatic rings. The molecular formula is C13H17NO4. The third-order valence-electron chi connectivity index (χ3n) is 2.28. The van der Waals surface area contributed by atoms with Crippen LogP contribution in [-0.4, -0.2) is 25.2 Å². The van der Waals surface area contributed by atoms with Crippen molar-refractivity contribution in [3.05, 3.63) is 35.9 Å². The summed E-state index contributed by atoms with van der Waals surface area (Å²) in [6.45, 7) is 1.91. The van der Waals surface area contributed by atoms with E-state index in [1.807, 2.05) is 30.3 Å². The maximum Gasteiger partial charge on any atom is 0.407 e. The Hall–Kier alpha value is -2.04. The fourth-order valence-electron chi connectivity index (χ4n) is 1.35. The van der Waals surface area contributed by atoms with Gasteiger partial charge in [0.05, 0.1) is 13.5 Å². The molecule has 5 heteroatoms. The van der Waals surface area contributed by atoms with Gasteiger partial charge in [-0.15, -0.1) is 0 Å². The van der Waals surface area contributed by atoms with Crippen molar-refractivity contribution < 1.29 is 19.1 Å². The molecule has 1 atom stereocenters. The van der Waals surface area contributed by atoms with Gasteiger partial charge < -0.3 is 14.8 Å². The Morgan fingerprint density at radius 1 is 1.28 bits per heavy atom. The van der Waals surface area contributed by atoms with Crippen molar-refractivity contribution in [3.8, 4) is 0 Å². The second kappa shape index (κ2) is 7.32. The van der Waals surface area contributed by atoms with Crippen LogP contribution in [0.5, 0.6) is 0 Å². The van der Waals surface area contributed by atoms with E-state index in [0.717, 1.165) is 5.56 Å². The molecule has 0 aliphatic carbocycles. The van der Waals surface area contributed by atoms with Crippen molar-refractivity contribution >= 4 is 12.1 Å². The Balaban J connectivity index is 2.27. The number of hydrogen-bond acceptors (Lipinski definition) is 4. The average molecular weight is 251 g/mol. The Labute approximate surface area is 106 Å². The highest BCUT2D eigenvalue weighted by Gasteiger charge is 2.12. The van der Waals surface area contributed by atoms with Crippen LogP contribution in [0.3, 0.4) is 0 Å². The van der Waals surface area contributed by atoms with Crippen LogP contribution < -0.4 is 5.32 Å². The van der Waals surface area contributed by atoms with Crippen LogP contribution >= 0.6 is 0 Å². The summed E-state index contributed by atoms with van der Waals surface area (Å²) < 4.78 is 9.51. The van der Waals surface area contributed by atoms with E-state index >= 15 is 0 Å². The summed E-state index contributed by atoms with van der Waals surface area (Å²) in [5.41, 5.74) is 0.910. The summed E-state index contributed by atoms with van der Waals surface area (Å²) in [6.07, 6.45) is -0.424. The fraction of sp³-hybridized carbons (Fsp3) is 0.385. The van der Waals surface area contributed by atoms with Gasteiger partial charge in [-0.2, -0.15) is 0 Å². The van der Waals surface area contributed by atoms with Gasteiger partial charge in [-0.25, -0.2) is 4.79 Å². The summed E-state index contributed by atoms with van der Waals surface area (Å²) in [4.78, 5) is 22.4. The van der Waals surface area contributed by atoms with Gasteiger partial charge in [0.25, 0.3) is 0 Å². The minimum Gasteiger partial charge on any atom is -0.469 e. The van der Waals surface area contributed by atoms with Crippen LogP contribution in [0.4, 0.5) is 4.79 Å². The predicted octanol–water partition coefficient (Wildman–Crippen LogP) is 1.86. The van der Waals surface area contributed by atoms with Crippen molar-refractivity contribution in [2.45, 2.75) is 26.0 Å². The van der Waals surface area contributed by atoms with E-state index in [0.29, 0.717) is 0 Å². The summed E-state index contributed by atoms with van der Waals surface area (Å²) >= 11 is 0. The smallest absolute Gasteiger partial charge is 0.407 e. The molecule has 18 heavy (non-hydrogen) atoms. The summed E-state index contributed by atoms with van der Waals surface area (Å²) in [6, 6.07) is 9.05. The van der Waals surface area contributed by atoms with E-state index in [-0.39, 0.29) is 25.0 Å². The van der Waals surface area contributed by atoms with Crippen molar-refractivity contribution in [1.29, 1.82) is 0 Å².